The molecule has 0 unspecified atom stereocenters. The molecule has 1 aromatic carbocycles. The Hall–Kier alpha value is -2.10. The molecule has 2 aliphatic rings. The molecule has 0 amide bonds. The second-order valence-electron chi connectivity index (χ2n) is 6.69. The fourth-order valence-corrected chi connectivity index (χ4v) is 4.05. The lowest BCUT2D eigenvalue weighted by Crippen LogP contribution is -2.32. The van der Waals surface area contributed by atoms with Crippen molar-refractivity contribution in [2.24, 2.45) is 23.2 Å². The average Bonchev–Trinajstić information content (AvgIpc) is 3.03. The number of carbonyl (C=O) groups excluding carboxylic acids is 1. The Balaban J connectivity index is 1.81. The zero-order chi connectivity index (χ0) is 14.8. The fraction of sp³-hybridized carbons (Fsp3) is 0.412. The van der Waals surface area contributed by atoms with Crippen LogP contribution in [-0.2, 0) is 0 Å². The molecule has 1 heterocycles. The highest BCUT2D eigenvalue weighted by molar-refractivity contribution is 5.91. The summed E-state index contributed by atoms with van der Waals surface area (Å²) in [5.41, 5.74) is 1.13. The molecule has 3 atom stereocenters. The number of rotatable bonds is 1. The summed E-state index contributed by atoms with van der Waals surface area (Å²) in [5.74, 6) is -0.213. The molecule has 108 valence electrons. The van der Waals surface area contributed by atoms with Gasteiger partial charge in [0.05, 0.1) is 5.52 Å². The number of carbonyl (C=O) groups is 1. The van der Waals surface area contributed by atoms with Crippen LogP contribution in [0.5, 0.6) is 0 Å². The lowest BCUT2D eigenvalue weighted by Gasteiger charge is -2.25. The molecule has 2 bridgehead atoms. The van der Waals surface area contributed by atoms with E-state index in [-0.39, 0.29) is 23.2 Å². The summed E-state index contributed by atoms with van der Waals surface area (Å²) >= 11 is 0. The topological polar surface area (TPSA) is 52.2 Å². The third-order valence-corrected chi connectivity index (χ3v) is 5.33. The van der Waals surface area contributed by atoms with Crippen molar-refractivity contribution in [3.05, 3.63) is 47.0 Å². The zero-order valence-corrected chi connectivity index (χ0v) is 12.1. The van der Waals surface area contributed by atoms with Gasteiger partial charge in [0.25, 0.3) is 0 Å². The molecule has 0 N–H and O–H groups in total. The van der Waals surface area contributed by atoms with Crippen LogP contribution in [0.1, 0.15) is 25.1 Å². The minimum Gasteiger partial charge on any atom is -0.407 e. The molecule has 0 spiro atoms. The minimum absolute atomic E-state index is 0.101. The lowest BCUT2D eigenvalue weighted by atomic mass is 9.79. The molecule has 4 heteroatoms. The number of aromatic nitrogens is 1. The van der Waals surface area contributed by atoms with Crippen LogP contribution in [0.3, 0.4) is 0 Å². The highest BCUT2D eigenvalue weighted by Crippen LogP contribution is 2.56. The smallest absolute Gasteiger partial charge is 0.407 e. The lowest BCUT2D eigenvalue weighted by molar-refractivity contribution is 0.0793. The predicted molar refractivity (Wildman–Crippen MR) is 79.1 cm³/mol. The average molecular weight is 283 g/mol. The SMILES string of the molecule is CC1(C)[C@@H]2C=C[C@H]1[C@@H](C(=O)n1c(=O)oc3ccccc31)C2. The molecule has 0 saturated heterocycles. The van der Waals surface area contributed by atoms with Gasteiger partial charge in [-0.1, -0.05) is 38.1 Å². The van der Waals surface area contributed by atoms with Crippen molar-refractivity contribution in [2.75, 3.05) is 0 Å². The van der Waals surface area contributed by atoms with Crippen LogP contribution < -0.4 is 5.76 Å². The normalized spacial score (nSPS) is 29.3. The third kappa shape index (κ3) is 1.56. The monoisotopic (exact) mass is 283 g/mol. The molecular weight excluding hydrogens is 266 g/mol. The number of allylic oxidation sites excluding steroid dienone is 2. The molecular formula is C17H17NO3. The first kappa shape index (κ1) is 12.6. The Morgan fingerprint density at radius 3 is 2.71 bits per heavy atom. The molecule has 1 fully saturated rings. The van der Waals surface area contributed by atoms with Gasteiger partial charge in [-0.2, -0.15) is 0 Å². The van der Waals surface area contributed by atoms with Crippen LogP contribution >= 0.6 is 0 Å². The molecule has 21 heavy (non-hydrogen) atoms. The molecule has 1 saturated carbocycles. The Morgan fingerprint density at radius 2 is 2.05 bits per heavy atom. The van der Waals surface area contributed by atoms with Crippen LogP contribution in [0.4, 0.5) is 0 Å². The van der Waals surface area contributed by atoms with E-state index in [2.05, 4.69) is 26.0 Å². The van der Waals surface area contributed by atoms with Gasteiger partial charge in [0.1, 0.15) is 0 Å². The summed E-state index contributed by atoms with van der Waals surface area (Å²) in [7, 11) is 0. The maximum Gasteiger partial charge on any atom is 0.426 e. The fourth-order valence-electron chi connectivity index (χ4n) is 4.05. The summed E-state index contributed by atoms with van der Waals surface area (Å²) < 4.78 is 6.39. The first-order valence-electron chi connectivity index (χ1n) is 7.33. The summed E-state index contributed by atoms with van der Waals surface area (Å²) in [4.78, 5) is 25.0. The van der Waals surface area contributed by atoms with Crippen LogP contribution in [-0.4, -0.2) is 10.5 Å². The van der Waals surface area contributed by atoms with Crippen LogP contribution in [0.15, 0.2) is 45.6 Å². The van der Waals surface area contributed by atoms with Crippen LogP contribution in [0.25, 0.3) is 11.1 Å². The molecule has 0 radical (unpaired) electrons. The summed E-state index contributed by atoms with van der Waals surface area (Å²) in [5, 5.41) is 0. The van der Waals surface area contributed by atoms with E-state index in [1.54, 1.807) is 18.2 Å². The molecule has 2 aromatic rings. The Bertz CT molecular complexity index is 824. The van der Waals surface area contributed by atoms with Gasteiger partial charge in [-0.15, -0.1) is 0 Å². The van der Waals surface area contributed by atoms with Gasteiger partial charge in [0, 0.05) is 5.92 Å². The second kappa shape index (κ2) is 3.97. The molecule has 4 nitrogen and oxygen atoms in total. The number of hydrogen-bond acceptors (Lipinski definition) is 3. The number of benzene rings is 1. The van der Waals surface area contributed by atoms with E-state index in [9.17, 15) is 9.59 Å². The van der Waals surface area contributed by atoms with Crippen molar-refractivity contribution in [1.82, 2.24) is 4.57 Å². The maximum atomic E-state index is 12.9. The summed E-state index contributed by atoms with van der Waals surface area (Å²) in [6.07, 6.45) is 5.17. The van der Waals surface area contributed by atoms with Gasteiger partial charge < -0.3 is 4.42 Å². The van der Waals surface area contributed by atoms with Crippen molar-refractivity contribution in [1.29, 1.82) is 0 Å². The predicted octanol–water partition coefficient (Wildman–Crippen LogP) is 3.08. The molecule has 0 aliphatic heterocycles. The van der Waals surface area contributed by atoms with Gasteiger partial charge >= 0.3 is 5.76 Å². The van der Waals surface area contributed by atoms with Crippen molar-refractivity contribution >= 4 is 17.0 Å². The zero-order valence-electron chi connectivity index (χ0n) is 12.1. The van der Waals surface area contributed by atoms with Gasteiger partial charge in [0.15, 0.2) is 5.58 Å². The highest BCUT2D eigenvalue weighted by Gasteiger charge is 2.53. The maximum absolute atomic E-state index is 12.9. The first-order chi connectivity index (χ1) is 10.00. The Morgan fingerprint density at radius 1 is 1.29 bits per heavy atom. The number of oxazole rings is 1. The molecule has 2 aliphatic carbocycles. The number of fused-ring (bicyclic) bond motifs is 3. The first-order valence-corrected chi connectivity index (χ1v) is 7.33. The largest absolute Gasteiger partial charge is 0.426 e. The standard InChI is InChI=1S/C17H17NO3/c1-17(2)10-7-8-12(17)11(9-10)15(19)18-13-5-3-4-6-14(13)21-16(18)20/h3-8,10-12H,9H2,1-2H3/t10-,11+,12+/m1/s1. The van der Waals surface area contributed by atoms with E-state index in [0.29, 0.717) is 17.0 Å². The van der Waals surface area contributed by atoms with E-state index < -0.39 is 5.76 Å². The quantitative estimate of drug-likeness (QED) is 0.756. The minimum atomic E-state index is -0.578. The summed E-state index contributed by atoms with van der Waals surface area (Å²) in [6.45, 7) is 4.40. The van der Waals surface area contributed by atoms with E-state index in [1.165, 1.54) is 4.57 Å². The second-order valence-corrected chi connectivity index (χ2v) is 6.69. The van der Waals surface area contributed by atoms with E-state index in [1.807, 2.05) is 6.07 Å². The Kier molecular flexibility index (Phi) is 2.39. The number of para-hydroxylation sites is 2. The van der Waals surface area contributed by atoms with Gasteiger partial charge in [0.2, 0.25) is 5.91 Å². The highest BCUT2D eigenvalue weighted by atomic mass is 16.4. The van der Waals surface area contributed by atoms with Crippen molar-refractivity contribution in [3.63, 3.8) is 0 Å². The van der Waals surface area contributed by atoms with Crippen molar-refractivity contribution in [2.45, 2.75) is 20.3 Å². The van der Waals surface area contributed by atoms with E-state index in [4.69, 9.17) is 4.42 Å². The Labute approximate surface area is 122 Å². The van der Waals surface area contributed by atoms with Gasteiger partial charge in [-0.05, 0) is 35.8 Å². The van der Waals surface area contributed by atoms with Gasteiger partial charge in [-0.3, -0.25) is 4.79 Å². The molecule has 1 aromatic heterocycles. The van der Waals surface area contributed by atoms with Crippen LogP contribution in [0.2, 0.25) is 0 Å². The van der Waals surface area contributed by atoms with Crippen LogP contribution in [0, 0.1) is 23.2 Å². The third-order valence-electron chi connectivity index (χ3n) is 5.33. The van der Waals surface area contributed by atoms with Crippen molar-refractivity contribution < 1.29 is 9.21 Å². The van der Waals surface area contributed by atoms with Gasteiger partial charge in [-0.25, -0.2) is 9.36 Å². The van der Waals surface area contributed by atoms with Crippen molar-refractivity contribution in [3.8, 4) is 0 Å². The van der Waals surface area contributed by atoms with E-state index in [0.717, 1.165) is 6.42 Å². The summed E-state index contributed by atoms with van der Waals surface area (Å²) in [6, 6.07) is 7.08. The molecule has 4 rings (SSSR count). The van der Waals surface area contributed by atoms with E-state index >= 15 is 0 Å². The number of nitrogens with zero attached hydrogens (tertiary/aromatic N) is 1. The number of hydrogen-bond donors (Lipinski definition) is 0.